The van der Waals surface area contributed by atoms with Crippen LogP contribution < -0.4 is 10.2 Å². The van der Waals surface area contributed by atoms with Crippen LogP contribution in [0.4, 0.5) is 0 Å². The summed E-state index contributed by atoms with van der Waals surface area (Å²) in [7, 11) is 0. The fraction of sp³-hybridized carbons (Fsp3) is 0.211. The molecule has 0 fully saturated rings. The average Bonchev–Trinajstić information content (AvgIpc) is 3.03. The van der Waals surface area contributed by atoms with Crippen LogP contribution in [0, 0.1) is 5.92 Å². The number of phenols is 1. The van der Waals surface area contributed by atoms with Crippen LogP contribution in [0.5, 0.6) is 11.5 Å². The summed E-state index contributed by atoms with van der Waals surface area (Å²) in [6.07, 6.45) is 0.430. The summed E-state index contributed by atoms with van der Waals surface area (Å²) in [6.45, 7) is 2.20. The third-order valence-corrected chi connectivity index (χ3v) is 4.32. The van der Waals surface area contributed by atoms with Crippen LogP contribution in [0.15, 0.2) is 47.6 Å². The number of nitrogens with zero attached hydrogens (tertiary/aromatic N) is 2. The van der Waals surface area contributed by atoms with E-state index in [1.807, 2.05) is 25.1 Å². The normalized spacial score (nSPS) is 17.0. The van der Waals surface area contributed by atoms with Gasteiger partial charge in [-0.3, -0.25) is 4.79 Å². The van der Waals surface area contributed by atoms with Gasteiger partial charge >= 0.3 is 0 Å². The smallest absolute Gasteiger partial charge is 0.240 e. The predicted octanol–water partition coefficient (Wildman–Crippen LogP) is 2.71. The molecule has 1 aromatic heterocycles. The van der Waals surface area contributed by atoms with Gasteiger partial charge in [0.2, 0.25) is 5.91 Å². The Hall–Kier alpha value is -3.35. The highest BCUT2D eigenvalue weighted by molar-refractivity contribution is 6.07. The van der Waals surface area contributed by atoms with Crippen molar-refractivity contribution in [3.05, 3.63) is 53.9 Å². The quantitative estimate of drug-likeness (QED) is 0.673. The Bertz CT molecular complexity index is 1010. The van der Waals surface area contributed by atoms with E-state index in [1.165, 1.54) is 0 Å². The Balaban J connectivity index is 1.56. The lowest BCUT2D eigenvalue weighted by atomic mass is 9.94. The second kappa shape index (κ2) is 6.51. The molecule has 3 aromatic rings. The molecule has 0 saturated carbocycles. The summed E-state index contributed by atoms with van der Waals surface area (Å²) < 4.78 is 5.61. The highest BCUT2D eigenvalue weighted by Gasteiger charge is 2.22. The van der Waals surface area contributed by atoms with Gasteiger partial charge in [-0.25, -0.2) is 10.4 Å². The van der Waals surface area contributed by atoms with Gasteiger partial charge in [-0.1, -0.05) is 25.1 Å². The molecule has 0 radical (unpaired) electrons. The second-order valence-electron chi connectivity index (χ2n) is 6.31. The zero-order chi connectivity index (χ0) is 18.1. The first-order valence-corrected chi connectivity index (χ1v) is 8.36. The number of fused-ring (bicyclic) bond motifs is 1. The summed E-state index contributed by atoms with van der Waals surface area (Å²) in [4.78, 5) is 19.1. The van der Waals surface area contributed by atoms with E-state index in [2.05, 4.69) is 20.5 Å². The molecule has 1 atom stereocenters. The number of ether oxygens (including phenoxy) is 1. The zero-order valence-corrected chi connectivity index (χ0v) is 14.2. The zero-order valence-electron chi connectivity index (χ0n) is 14.2. The number of nitrogens with one attached hydrogen (secondary N) is 2. The van der Waals surface area contributed by atoms with Crippen LogP contribution >= 0.6 is 0 Å². The Labute approximate surface area is 149 Å². The maximum Gasteiger partial charge on any atom is 0.240 e. The topological polar surface area (TPSA) is 99.6 Å². The number of amides is 1. The molecular weight excluding hydrogens is 332 g/mol. The molecule has 0 unspecified atom stereocenters. The minimum atomic E-state index is -0.0625. The molecule has 1 aliphatic rings. The number of aromatic hydroxyl groups is 1. The van der Waals surface area contributed by atoms with Crippen molar-refractivity contribution in [2.45, 2.75) is 20.0 Å². The van der Waals surface area contributed by atoms with Gasteiger partial charge in [-0.2, -0.15) is 5.10 Å². The molecule has 7 heteroatoms. The van der Waals surface area contributed by atoms with Gasteiger partial charge < -0.3 is 14.8 Å². The molecule has 0 bridgehead atoms. The van der Waals surface area contributed by atoms with E-state index in [9.17, 15) is 9.90 Å². The average molecular weight is 350 g/mol. The van der Waals surface area contributed by atoms with Crippen LogP contribution in [-0.2, 0) is 11.4 Å². The van der Waals surface area contributed by atoms with Crippen molar-refractivity contribution in [3.8, 4) is 11.5 Å². The fourth-order valence-corrected chi connectivity index (χ4v) is 3.02. The Morgan fingerprint density at radius 2 is 2.12 bits per heavy atom. The van der Waals surface area contributed by atoms with E-state index in [1.54, 1.807) is 24.3 Å². The monoisotopic (exact) mass is 350 g/mol. The van der Waals surface area contributed by atoms with Crippen molar-refractivity contribution in [3.63, 3.8) is 0 Å². The van der Waals surface area contributed by atoms with E-state index in [0.29, 0.717) is 18.0 Å². The van der Waals surface area contributed by atoms with Crippen LogP contribution in [-0.4, -0.2) is 26.7 Å². The number of hydrazone groups is 1. The first-order chi connectivity index (χ1) is 12.6. The largest absolute Gasteiger partial charge is 0.504 e. The number of rotatable bonds is 4. The molecule has 3 N–H and O–H groups in total. The molecule has 132 valence electrons. The van der Waals surface area contributed by atoms with Gasteiger partial charge in [-0.15, -0.1) is 0 Å². The van der Waals surface area contributed by atoms with Crippen LogP contribution in [0.1, 0.15) is 24.7 Å². The molecule has 26 heavy (non-hydrogen) atoms. The minimum absolute atomic E-state index is 0.0625. The number of hydrogen-bond acceptors (Lipinski definition) is 5. The van der Waals surface area contributed by atoms with Crippen LogP contribution in [0.2, 0.25) is 0 Å². The van der Waals surface area contributed by atoms with Crippen LogP contribution in [0.25, 0.3) is 11.0 Å². The van der Waals surface area contributed by atoms with E-state index < -0.39 is 0 Å². The number of carbonyl (C=O) groups excluding carboxylic acids is 1. The van der Waals surface area contributed by atoms with Gasteiger partial charge in [0.25, 0.3) is 0 Å². The van der Waals surface area contributed by atoms with Crippen molar-refractivity contribution in [2.75, 3.05) is 0 Å². The molecule has 4 rings (SSSR count). The van der Waals surface area contributed by atoms with E-state index >= 15 is 0 Å². The predicted molar refractivity (Wildman–Crippen MR) is 97.0 cm³/mol. The molecule has 0 saturated heterocycles. The Morgan fingerprint density at radius 3 is 2.92 bits per heavy atom. The molecule has 2 heterocycles. The fourth-order valence-electron chi connectivity index (χ4n) is 3.02. The molecule has 2 aromatic carbocycles. The summed E-state index contributed by atoms with van der Waals surface area (Å²) in [5, 5.41) is 13.9. The van der Waals surface area contributed by atoms with E-state index in [-0.39, 0.29) is 24.2 Å². The summed E-state index contributed by atoms with van der Waals surface area (Å²) in [5.74, 6) is 1.17. The highest BCUT2D eigenvalue weighted by Crippen LogP contribution is 2.25. The number of para-hydroxylation sites is 2. The summed E-state index contributed by atoms with van der Waals surface area (Å²) in [5.41, 5.74) is 6.02. The third kappa shape index (κ3) is 3.11. The van der Waals surface area contributed by atoms with E-state index in [4.69, 9.17) is 4.74 Å². The molecule has 1 aliphatic heterocycles. The van der Waals surface area contributed by atoms with Gasteiger partial charge in [0.15, 0.2) is 11.5 Å². The van der Waals surface area contributed by atoms with Crippen molar-refractivity contribution in [1.82, 2.24) is 15.4 Å². The number of aromatic nitrogens is 2. The number of benzene rings is 2. The number of carbonyl (C=O) groups is 1. The Kier molecular flexibility index (Phi) is 4.04. The number of hydrogen-bond donors (Lipinski definition) is 3. The first kappa shape index (κ1) is 16.1. The van der Waals surface area contributed by atoms with Gasteiger partial charge in [0.1, 0.15) is 12.4 Å². The van der Waals surface area contributed by atoms with Crippen molar-refractivity contribution in [1.29, 1.82) is 0 Å². The maximum atomic E-state index is 11.4. The number of H-pyrrole nitrogens is 1. The van der Waals surface area contributed by atoms with Crippen molar-refractivity contribution in [2.24, 2.45) is 11.0 Å². The van der Waals surface area contributed by atoms with Gasteiger partial charge in [-0.05, 0) is 24.3 Å². The summed E-state index contributed by atoms with van der Waals surface area (Å²) >= 11 is 0. The third-order valence-electron chi connectivity index (χ3n) is 4.32. The Morgan fingerprint density at radius 1 is 1.27 bits per heavy atom. The molecule has 1 amide bonds. The van der Waals surface area contributed by atoms with Gasteiger partial charge in [0.05, 0.1) is 16.7 Å². The van der Waals surface area contributed by atoms with Crippen molar-refractivity contribution < 1.29 is 14.6 Å². The maximum absolute atomic E-state index is 11.4. The van der Waals surface area contributed by atoms with Gasteiger partial charge in [0, 0.05) is 17.9 Å². The minimum Gasteiger partial charge on any atom is -0.504 e. The SMILES string of the molecule is C[C@@H]1CC(=O)NN=C1c1ccc2nc(COc3ccccc3O)[nH]c2c1. The molecule has 0 aliphatic carbocycles. The van der Waals surface area contributed by atoms with Crippen molar-refractivity contribution >= 4 is 22.7 Å². The van der Waals surface area contributed by atoms with Crippen LogP contribution in [0.3, 0.4) is 0 Å². The lowest BCUT2D eigenvalue weighted by Crippen LogP contribution is -2.31. The first-order valence-electron chi connectivity index (χ1n) is 8.36. The molecule has 7 nitrogen and oxygen atoms in total. The standard InChI is InChI=1S/C19H18N4O3/c1-11-8-18(25)22-23-19(11)12-6-7-13-14(9-12)21-17(20-13)10-26-16-5-3-2-4-15(16)24/h2-7,9,11,24H,8,10H2,1H3,(H,20,21)(H,22,25)/t11-/m1/s1. The van der Waals surface area contributed by atoms with E-state index in [0.717, 1.165) is 22.3 Å². The number of phenolic OH excluding ortho intramolecular Hbond substituents is 1. The second-order valence-corrected chi connectivity index (χ2v) is 6.31. The lowest BCUT2D eigenvalue weighted by molar-refractivity contribution is -0.121. The summed E-state index contributed by atoms with van der Waals surface area (Å²) in [6, 6.07) is 12.6. The number of aromatic amines is 1. The molecular formula is C19H18N4O3. The number of imidazole rings is 1. The highest BCUT2D eigenvalue weighted by atomic mass is 16.5. The molecule has 0 spiro atoms. The lowest BCUT2D eigenvalue weighted by Gasteiger charge is -2.18.